The van der Waals surface area contributed by atoms with Crippen LogP contribution < -0.4 is 5.32 Å². The van der Waals surface area contributed by atoms with Crippen LogP contribution in [0.15, 0.2) is 11.2 Å². The van der Waals surface area contributed by atoms with Crippen molar-refractivity contribution in [2.45, 2.75) is 30.3 Å². The summed E-state index contributed by atoms with van der Waals surface area (Å²) >= 11 is 1.50. The molecule has 2 heterocycles. The van der Waals surface area contributed by atoms with Crippen molar-refractivity contribution in [1.82, 2.24) is 25.6 Å². The number of hydrogen-bond acceptors (Lipinski definition) is 6. The van der Waals surface area contributed by atoms with E-state index in [0.29, 0.717) is 25.3 Å². The topological polar surface area (TPSA) is 100 Å². The van der Waals surface area contributed by atoms with Crippen LogP contribution in [0.2, 0.25) is 0 Å². The second-order valence-electron chi connectivity index (χ2n) is 4.62. The van der Waals surface area contributed by atoms with Crippen LogP contribution in [0, 0.1) is 0 Å². The zero-order chi connectivity index (χ0) is 15.1. The minimum absolute atomic E-state index is 0.124. The van der Waals surface area contributed by atoms with Gasteiger partial charge in [0.15, 0.2) is 0 Å². The fourth-order valence-electron chi connectivity index (χ4n) is 2.25. The van der Waals surface area contributed by atoms with Crippen molar-refractivity contribution in [3.63, 3.8) is 0 Å². The van der Waals surface area contributed by atoms with Gasteiger partial charge in [-0.05, 0) is 19.3 Å². The van der Waals surface area contributed by atoms with Gasteiger partial charge in [-0.1, -0.05) is 0 Å². The smallest absolute Gasteiger partial charge is 0.410 e. The highest BCUT2D eigenvalue weighted by atomic mass is 32.2. The van der Waals surface area contributed by atoms with Gasteiger partial charge in [-0.3, -0.25) is 9.69 Å². The number of piperidine rings is 1. The number of amides is 2. The van der Waals surface area contributed by atoms with Crippen LogP contribution in [0.4, 0.5) is 4.79 Å². The Balaban J connectivity index is 1.76. The van der Waals surface area contributed by atoms with Gasteiger partial charge >= 0.3 is 6.09 Å². The first-order valence-electron chi connectivity index (χ1n) is 6.83. The lowest BCUT2D eigenvalue weighted by Crippen LogP contribution is -2.52. The summed E-state index contributed by atoms with van der Waals surface area (Å²) in [5.41, 5.74) is 0. The van der Waals surface area contributed by atoms with Crippen molar-refractivity contribution < 1.29 is 14.3 Å². The van der Waals surface area contributed by atoms with Crippen molar-refractivity contribution >= 4 is 23.8 Å². The highest BCUT2D eigenvalue weighted by molar-refractivity contribution is 7.99. The predicted octanol–water partition coefficient (Wildman–Crippen LogP) is 0.634. The number of likely N-dealkylation sites (tertiary alicyclic amines) is 1. The minimum atomic E-state index is -0.438. The largest absolute Gasteiger partial charge is 0.453 e. The number of carbonyl (C=O) groups is 2. The van der Waals surface area contributed by atoms with Gasteiger partial charge in [0, 0.05) is 18.8 Å². The van der Waals surface area contributed by atoms with Crippen LogP contribution >= 0.6 is 11.8 Å². The van der Waals surface area contributed by atoms with Crippen molar-refractivity contribution in [3.05, 3.63) is 6.20 Å². The molecule has 1 fully saturated rings. The van der Waals surface area contributed by atoms with Gasteiger partial charge in [0.2, 0.25) is 5.91 Å². The molecule has 0 spiro atoms. The molecule has 116 valence electrons. The molecular weight excluding hydrogens is 294 g/mol. The molecule has 21 heavy (non-hydrogen) atoms. The molecule has 9 heteroatoms. The Hall–Kier alpha value is -1.77. The molecule has 1 aliphatic rings. The Morgan fingerprint density at radius 3 is 3.14 bits per heavy atom. The number of ether oxygens (including phenoxy) is 1. The summed E-state index contributed by atoms with van der Waals surface area (Å²) in [6.45, 7) is 1.08. The Morgan fingerprint density at radius 1 is 1.57 bits per heavy atom. The number of hydrogen-bond donors (Lipinski definition) is 2. The van der Waals surface area contributed by atoms with E-state index in [2.05, 4.69) is 20.7 Å². The number of nitrogens with one attached hydrogen (secondary N) is 2. The zero-order valence-electron chi connectivity index (χ0n) is 11.9. The Morgan fingerprint density at radius 2 is 2.43 bits per heavy atom. The zero-order valence-corrected chi connectivity index (χ0v) is 12.7. The normalized spacial score (nSPS) is 18.3. The second-order valence-corrected chi connectivity index (χ2v) is 5.74. The van der Waals surface area contributed by atoms with E-state index in [4.69, 9.17) is 4.74 Å². The Kier molecular flexibility index (Phi) is 5.85. The summed E-state index contributed by atoms with van der Waals surface area (Å²) < 4.78 is 4.73. The van der Waals surface area contributed by atoms with Crippen LogP contribution in [0.5, 0.6) is 0 Å². The second kappa shape index (κ2) is 7.87. The van der Waals surface area contributed by atoms with E-state index in [9.17, 15) is 9.59 Å². The molecule has 2 amide bonds. The maximum atomic E-state index is 12.2. The van der Waals surface area contributed by atoms with E-state index in [0.717, 1.165) is 17.9 Å². The molecule has 1 unspecified atom stereocenters. The lowest BCUT2D eigenvalue weighted by molar-refractivity contribution is -0.126. The quantitative estimate of drug-likeness (QED) is 0.611. The van der Waals surface area contributed by atoms with Crippen molar-refractivity contribution in [2.75, 3.05) is 26.0 Å². The van der Waals surface area contributed by atoms with E-state index in [1.807, 2.05) is 0 Å². The molecule has 0 aliphatic carbocycles. The van der Waals surface area contributed by atoms with Gasteiger partial charge in [0.05, 0.1) is 13.3 Å². The summed E-state index contributed by atoms with van der Waals surface area (Å²) in [6, 6.07) is -0.428. The van der Waals surface area contributed by atoms with Crippen LogP contribution in [-0.2, 0) is 9.53 Å². The van der Waals surface area contributed by atoms with Gasteiger partial charge in [-0.25, -0.2) is 4.79 Å². The molecule has 0 radical (unpaired) electrons. The summed E-state index contributed by atoms with van der Waals surface area (Å²) in [7, 11) is 1.33. The number of thioether (sulfide) groups is 1. The minimum Gasteiger partial charge on any atom is -0.453 e. The number of methoxy groups -OCH3 is 1. The van der Waals surface area contributed by atoms with Crippen LogP contribution in [0.3, 0.4) is 0 Å². The molecular formula is C12H19N5O3S. The third kappa shape index (κ3) is 4.35. The fraction of sp³-hybridized carbons (Fsp3) is 0.667. The molecule has 1 aromatic heterocycles. The van der Waals surface area contributed by atoms with Crippen LogP contribution in [0.1, 0.15) is 19.3 Å². The first kappa shape index (κ1) is 15.6. The molecule has 8 nitrogen and oxygen atoms in total. The first-order valence-corrected chi connectivity index (χ1v) is 7.82. The molecule has 0 aromatic carbocycles. The summed E-state index contributed by atoms with van der Waals surface area (Å²) in [5, 5.41) is 13.8. The molecule has 0 saturated carbocycles. The maximum Gasteiger partial charge on any atom is 0.410 e. The monoisotopic (exact) mass is 313 g/mol. The fourth-order valence-corrected chi connectivity index (χ4v) is 2.89. The highest BCUT2D eigenvalue weighted by Gasteiger charge is 2.32. The average molecular weight is 313 g/mol. The number of nitrogens with zero attached hydrogens (tertiary/aromatic N) is 3. The SMILES string of the molecule is COC(=O)N1CCCCC1C(=O)NCCSc1cn[nH]n1. The number of aromatic nitrogens is 3. The molecule has 1 saturated heterocycles. The molecule has 2 N–H and O–H groups in total. The molecule has 1 atom stereocenters. The summed E-state index contributed by atoms with van der Waals surface area (Å²) in [5.74, 6) is 0.573. The van der Waals surface area contributed by atoms with E-state index in [1.165, 1.54) is 23.8 Å². The third-order valence-corrected chi connectivity index (χ3v) is 4.16. The average Bonchev–Trinajstić information content (AvgIpc) is 3.04. The first-order chi connectivity index (χ1) is 10.2. The van der Waals surface area contributed by atoms with Crippen molar-refractivity contribution in [2.24, 2.45) is 0 Å². The van der Waals surface area contributed by atoms with Gasteiger partial charge in [-0.2, -0.15) is 10.3 Å². The Bertz CT molecular complexity index is 467. The third-order valence-electron chi connectivity index (χ3n) is 3.26. The van der Waals surface area contributed by atoms with E-state index >= 15 is 0 Å². The lowest BCUT2D eigenvalue weighted by atomic mass is 10.0. The van der Waals surface area contributed by atoms with Crippen molar-refractivity contribution in [3.8, 4) is 0 Å². The highest BCUT2D eigenvalue weighted by Crippen LogP contribution is 2.18. The predicted molar refractivity (Wildman–Crippen MR) is 76.9 cm³/mol. The lowest BCUT2D eigenvalue weighted by Gasteiger charge is -2.33. The van der Waals surface area contributed by atoms with Gasteiger partial charge in [0.25, 0.3) is 0 Å². The van der Waals surface area contributed by atoms with E-state index < -0.39 is 12.1 Å². The molecule has 0 bridgehead atoms. The number of rotatable bonds is 5. The number of carbonyl (C=O) groups excluding carboxylic acids is 2. The summed E-state index contributed by atoms with van der Waals surface area (Å²) in [6.07, 6.45) is 3.72. The number of aromatic amines is 1. The molecule has 1 aliphatic heterocycles. The van der Waals surface area contributed by atoms with E-state index in [-0.39, 0.29) is 5.91 Å². The van der Waals surface area contributed by atoms with Crippen LogP contribution in [-0.4, -0.2) is 64.3 Å². The van der Waals surface area contributed by atoms with Gasteiger partial charge in [0.1, 0.15) is 11.1 Å². The van der Waals surface area contributed by atoms with E-state index in [1.54, 1.807) is 6.20 Å². The Labute approximate surface area is 127 Å². The number of H-pyrrole nitrogens is 1. The summed E-state index contributed by atoms with van der Waals surface area (Å²) in [4.78, 5) is 25.4. The van der Waals surface area contributed by atoms with Gasteiger partial charge in [-0.15, -0.1) is 16.9 Å². The standard InChI is InChI=1S/C12H19N5O3S/c1-20-12(19)17-6-3-2-4-9(17)11(18)13-5-7-21-10-8-14-16-15-10/h8-9H,2-7H2,1H3,(H,13,18)(H,14,15,16). The van der Waals surface area contributed by atoms with Crippen LogP contribution in [0.25, 0.3) is 0 Å². The van der Waals surface area contributed by atoms with Crippen molar-refractivity contribution in [1.29, 1.82) is 0 Å². The molecule has 2 rings (SSSR count). The molecule has 1 aromatic rings. The maximum absolute atomic E-state index is 12.2. The van der Waals surface area contributed by atoms with Gasteiger partial charge < -0.3 is 10.1 Å².